The Kier molecular flexibility index (Phi) is 9.11. The number of benzene rings is 3. The molecule has 0 spiro atoms. The number of ether oxygens (including phenoxy) is 1. The van der Waals surface area contributed by atoms with Crippen molar-refractivity contribution in [2.45, 2.75) is 73.1 Å². The molecule has 0 fully saturated rings. The molecule has 3 aromatic carbocycles. The molecule has 0 atom stereocenters. The average molecular weight is 512 g/mol. The fourth-order valence-electron chi connectivity index (χ4n) is 4.88. The maximum atomic E-state index is 11.0. The van der Waals surface area contributed by atoms with Crippen molar-refractivity contribution < 1.29 is 9.84 Å². The van der Waals surface area contributed by atoms with Gasteiger partial charge in [-0.25, -0.2) is 0 Å². The van der Waals surface area contributed by atoms with Gasteiger partial charge in [-0.05, 0) is 69.5 Å². The molecule has 0 saturated carbocycles. The number of phenols is 1. The molecular weight excluding hydrogens is 470 g/mol. The van der Waals surface area contributed by atoms with E-state index < -0.39 is 0 Å². The summed E-state index contributed by atoms with van der Waals surface area (Å²) in [4.78, 5) is 0. The van der Waals surface area contributed by atoms with Gasteiger partial charge < -0.3 is 9.84 Å². The summed E-state index contributed by atoms with van der Waals surface area (Å²) in [5.41, 5.74) is 12.5. The SMILES string of the molecule is CCCCCCCCOc1ccc(C2=NN(c3ccc(C)cc3C)NC(c3ccc(C)cc3C)=C2)c(O)c1. The third kappa shape index (κ3) is 6.77. The van der Waals surface area contributed by atoms with Crippen LogP contribution in [0, 0.1) is 27.7 Å². The number of nitrogens with one attached hydrogen (secondary N) is 1. The van der Waals surface area contributed by atoms with Crippen molar-refractivity contribution >= 4 is 17.1 Å². The molecular formula is C33H41N3O2. The Morgan fingerprint density at radius 3 is 2.18 bits per heavy atom. The second kappa shape index (κ2) is 12.7. The van der Waals surface area contributed by atoms with Gasteiger partial charge in [0.1, 0.15) is 11.5 Å². The molecule has 0 aliphatic carbocycles. The number of hydrogen-bond donors (Lipinski definition) is 2. The van der Waals surface area contributed by atoms with Crippen LogP contribution in [0.3, 0.4) is 0 Å². The largest absolute Gasteiger partial charge is 0.507 e. The molecule has 0 aromatic heterocycles. The standard InChI is InChI=1S/C33H41N3O2/c1-6-7-8-9-10-11-18-38-27-14-16-29(33(37)21-27)31-22-30(28-15-12-23(2)19-25(28)4)34-36(35-31)32-17-13-24(3)20-26(32)5/h12-17,19-22,34,37H,6-11,18H2,1-5H3. The van der Waals surface area contributed by atoms with Crippen molar-refractivity contribution in [2.24, 2.45) is 5.10 Å². The third-order valence-electron chi connectivity index (χ3n) is 6.98. The molecule has 200 valence electrons. The zero-order valence-corrected chi connectivity index (χ0v) is 23.5. The Labute approximate surface area is 227 Å². The van der Waals surface area contributed by atoms with Crippen molar-refractivity contribution in [3.8, 4) is 11.5 Å². The van der Waals surface area contributed by atoms with E-state index in [1.54, 1.807) is 11.2 Å². The van der Waals surface area contributed by atoms with E-state index in [1.165, 1.54) is 48.8 Å². The smallest absolute Gasteiger partial charge is 0.128 e. The molecule has 2 N–H and O–H groups in total. The zero-order valence-electron chi connectivity index (χ0n) is 23.5. The molecule has 0 saturated heterocycles. The molecule has 5 heteroatoms. The highest BCUT2D eigenvalue weighted by Crippen LogP contribution is 2.31. The third-order valence-corrected chi connectivity index (χ3v) is 6.98. The van der Waals surface area contributed by atoms with Gasteiger partial charge >= 0.3 is 0 Å². The molecule has 0 amide bonds. The number of anilines is 1. The highest BCUT2D eigenvalue weighted by molar-refractivity contribution is 6.15. The molecule has 1 heterocycles. The summed E-state index contributed by atoms with van der Waals surface area (Å²) in [6.07, 6.45) is 9.31. The predicted octanol–water partition coefficient (Wildman–Crippen LogP) is 8.14. The Hall–Kier alpha value is -3.73. The second-order valence-electron chi connectivity index (χ2n) is 10.4. The van der Waals surface area contributed by atoms with E-state index in [1.807, 2.05) is 18.2 Å². The number of nitrogens with zero attached hydrogens (tertiary/aromatic N) is 2. The minimum absolute atomic E-state index is 0.155. The van der Waals surface area contributed by atoms with Gasteiger partial charge in [0.2, 0.25) is 0 Å². The van der Waals surface area contributed by atoms with Crippen LogP contribution in [0.2, 0.25) is 0 Å². The van der Waals surface area contributed by atoms with Crippen molar-refractivity contribution in [2.75, 3.05) is 11.7 Å². The molecule has 0 bridgehead atoms. The van der Waals surface area contributed by atoms with Gasteiger partial charge in [-0.15, -0.1) is 0 Å². The van der Waals surface area contributed by atoms with Crippen molar-refractivity contribution in [1.29, 1.82) is 0 Å². The van der Waals surface area contributed by atoms with Gasteiger partial charge in [-0.2, -0.15) is 10.2 Å². The molecule has 1 aliphatic rings. The zero-order chi connectivity index (χ0) is 27.1. The van der Waals surface area contributed by atoms with Crippen molar-refractivity contribution in [3.05, 3.63) is 94.1 Å². The van der Waals surface area contributed by atoms with Gasteiger partial charge in [0, 0.05) is 17.2 Å². The monoisotopic (exact) mass is 511 g/mol. The maximum absolute atomic E-state index is 11.0. The molecule has 4 rings (SSSR count). The topological polar surface area (TPSA) is 57.1 Å². The van der Waals surface area contributed by atoms with Gasteiger partial charge in [0.05, 0.1) is 23.7 Å². The van der Waals surface area contributed by atoms with Crippen LogP contribution >= 0.6 is 0 Å². The van der Waals surface area contributed by atoms with Gasteiger partial charge in [0.15, 0.2) is 0 Å². The van der Waals surface area contributed by atoms with Crippen LogP contribution < -0.4 is 15.3 Å². The quantitative estimate of drug-likeness (QED) is 0.255. The summed E-state index contributed by atoms with van der Waals surface area (Å²) in [5.74, 6) is 0.835. The highest BCUT2D eigenvalue weighted by atomic mass is 16.5. The predicted molar refractivity (Wildman–Crippen MR) is 159 cm³/mol. The van der Waals surface area contributed by atoms with Crippen LogP contribution in [-0.4, -0.2) is 17.4 Å². The first-order chi connectivity index (χ1) is 18.4. The van der Waals surface area contributed by atoms with E-state index >= 15 is 0 Å². The van der Waals surface area contributed by atoms with Crippen molar-refractivity contribution in [1.82, 2.24) is 5.43 Å². The first-order valence-electron chi connectivity index (χ1n) is 13.8. The van der Waals surface area contributed by atoms with Gasteiger partial charge in [-0.1, -0.05) is 80.5 Å². The van der Waals surface area contributed by atoms with E-state index in [2.05, 4.69) is 76.4 Å². The Bertz CT molecular complexity index is 1330. The minimum Gasteiger partial charge on any atom is -0.507 e. The van der Waals surface area contributed by atoms with Crippen LogP contribution in [0.25, 0.3) is 5.70 Å². The minimum atomic E-state index is 0.155. The lowest BCUT2D eigenvalue weighted by Crippen LogP contribution is -2.37. The van der Waals surface area contributed by atoms with Crippen molar-refractivity contribution in [3.63, 3.8) is 0 Å². The molecule has 5 nitrogen and oxygen atoms in total. The lowest BCUT2D eigenvalue weighted by Gasteiger charge is -2.29. The van der Waals surface area contributed by atoms with E-state index in [0.717, 1.165) is 28.9 Å². The number of unbranched alkanes of at least 4 members (excludes halogenated alkanes) is 5. The summed E-state index contributed by atoms with van der Waals surface area (Å²) >= 11 is 0. The van der Waals surface area contributed by atoms with Gasteiger partial charge in [-0.3, -0.25) is 5.43 Å². The van der Waals surface area contributed by atoms with Crippen LogP contribution in [0.4, 0.5) is 5.69 Å². The summed E-state index contributed by atoms with van der Waals surface area (Å²) in [7, 11) is 0. The number of hydrazone groups is 1. The lowest BCUT2D eigenvalue weighted by atomic mass is 10.00. The Morgan fingerprint density at radius 2 is 1.47 bits per heavy atom. The van der Waals surface area contributed by atoms with E-state index in [4.69, 9.17) is 9.84 Å². The molecule has 3 aromatic rings. The summed E-state index contributed by atoms with van der Waals surface area (Å²) in [6, 6.07) is 18.2. The van der Waals surface area contributed by atoms with E-state index in [-0.39, 0.29) is 5.75 Å². The molecule has 38 heavy (non-hydrogen) atoms. The van der Waals surface area contributed by atoms with Crippen LogP contribution in [0.1, 0.15) is 78.8 Å². The summed E-state index contributed by atoms with van der Waals surface area (Å²) < 4.78 is 5.93. The van der Waals surface area contributed by atoms with Crippen LogP contribution in [0.5, 0.6) is 11.5 Å². The maximum Gasteiger partial charge on any atom is 0.128 e. The lowest BCUT2D eigenvalue weighted by molar-refractivity contribution is 0.302. The molecule has 0 radical (unpaired) electrons. The van der Waals surface area contributed by atoms with E-state index in [0.29, 0.717) is 23.6 Å². The van der Waals surface area contributed by atoms with Crippen LogP contribution in [-0.2, 0) is 0 Å². The Morgan fingerprint density at radius 1 is 0.789 bits per heavy atom. The number of rotatable bonds is 11. The van der Waals surface area contributed by atoms with Crippen LogP contribution in [0.15, 0.2) is 65.8 Å². The number of aryl methyl sites for hydroxylation is 4. The van der Waals surface area contributed by atoms with Gasteiger partial charge in [0.25, 0.3) is 0 Å². The number of phenolic OH excluding ortho intramolecular Hbond substituents is 1. The highest BCUT2D eigenvalue weighted by Gasteiger charge is 2.21. The fraction of sp³-hybridized carbons (Fsp3) is 0.364. The fourth-order valence-corrected chi connectivity index (χ4v) is 4.88. The second-order valence-corrected chi connectivity index (χ2v) is 10.4. The molecule has 1 aliphatic heterocycles. The first kappa shape index (κ1) is 27.3. The first-order valence-corrected chi connectivity index (χ1v) is 13.8. The Balaban J connectivity index is 1.60. The normalized spacial score (nSPS) is 13.1. The number of allylic oxidation sites excluding steroid dienone is 1. The summed E-state index contributed by atoms with van der Waals surface area (Å²) in [5, 5.41) is 17.7. The average Bonchev–Trinajstić information content (AvgIpc) is 2.88. The number of hydrogen-bond acceptors (Lipinski definition) is 5. The number of hydrazine groups is 1. The summed E-state index contributed by atoms with van der Waals surface area (Å²) in [6.45, 7) is 11.3. The van der Waals surface area contributed by atoms with E-state index in [9.17, 15) is 5.11 Å². The molecule has 0 unspecified atom stereocenters. The number of aromatic hydroxyl groups is 1.